The van der Waals surface area contributed by atoms with E-state index in [0.717, 1.165) is 25.2 Å². The molecule has 0 spiro atoms. The maximum atomic E-state index is 11.8. The highest BCUT2D eigenvalue weighted by atomic mass is 16.4. The molecule has 0 aromatic carbocycles. The monoisotopic (exact) mass is 284 g/mol. The SMILES string of the molecule is CCC(C)C(NC(=O)NCC1CCC(C)CC1)C(=O)O. The predicted molar refractivity (Wildman–Crippen MR) is 78.5 cm³/mol. The van der Waals surface area contributed by atoms with Crippen molar-refractivity contribution in [3.05, 3.63) is 0 Å². The molecule has 5 nitrogen and oxygen atoms in total. The van der Waals surface area contributed by atoms with E-state index in [9.17, 15) is 9.59 Å². The van der Waals surface area contributed by atoms with Crippen LogP contribution in [0.25, 0.3) is 0 Å². The third-order valence-electron chi connectivity index (χ3n) is 4.45. The number of amides is 2. The van der Waals surface area contributed by atoms with E-state index in [4.69, 9.17) is 5.11 Å². The smallest absolute Gasteiger partial charge is 0.326 e. The summed E-state index contributed by atoms with van der Waals surface area (Å²) in [4.78, 5) is 22.9. The standard InChI is InChI=1S/C15H28N2O3/c1-4-11(3)13(14(18)19)17-15(20)16-9-12-7-5-10(2)6-8-12/h10-13H,4-9H2,1-3H3,(H,18,19)(H2,16,17,20). The van der Waals surface area contributed by atoms with Crippen LogP contribution < -0.4 is 10.6 Å². The van der Waals surface area contributed by atoms with Crippen LogP contribution in [0.4, 0.5) is 4.79 Å². The summed E-state index contributed by atoms with van der Waals surface area (Å²) >= 11 is 0. The van der Waals surface area contributed by atoms with Crippen LogP contribution in [0.2, 0.25) is 0 Å². The molecule has 1 aliphatic rings. The van der Waals surface area contributed by atoms with Crippen LogP contribution >= 0.6 is 0 Å². The quantitative estimate of drug-likeness (QED) is 0.701. The van der Waals surface area contributed by atoms with Gasteiger partial charge in [-0.25, -0.2) is 9.59 Å². The number of aliphatic carboxylic acids is 1. The van der Waals surface area contributed by atoms with E-state index < -0.39 is 12.0 Å². The van der Waals surface area contributed by atoms with Crippen molar-refractivity contribution in [2.24, 2.45) is 17.8 Å². The van der Waals surface area contributed by atoms with Crippen LogP contribution in [0.3, 0.4) is 0 Å². The number of carbonyl (C=O) groups excluding carboxylic acids is 1. The first-order valence-corrected chi connectivity index (χ1v) is 7.71. The minimum atomic E-state index is -0.971. The molecule has 2 atom stereocenters. The molecule has 0 heterocycles. The summed E-state index contributed by atoms with van der Waals surface area (Å²) in [5.41, 5.74) is 0. The lowest BCUT2D eigenvalue weighted by atomic mass is 9.83. The van der Waals surface area contributed by atoms with Crippen LogP contribution in [0, 0.1) is 17.8 Å². The molecule has 116 valence electrons. The van der Waals surface area contributed by atoms with Crippen molar-refractivity contribution < 1.29 is 14.7 Å². The number of carboxylic acids is 1. The van der Waals surface area contributed by atoms with Gasteiger partial charge in [0.1, 0.15) is 6.04 Å². The van der Waals surface area contributed by atoms with E-state index in [-0.39, 0.29) is 11.9 Å². The third kappa shape index (κ3) is 5.39. The van der Waals surface area contributed by atoms with Gasteiger partial charge in [0, 0.05) is 6.54 Å². The lowest BCUT2D eigenvalue weighted by Crippen LogP contribution is -2.50. The normalized spacial score (nSPS) is 25.6. The van der Waals surface area contributed by atoms with Crippen molar-refractivity contribution in [3.63, 3.8) is 0 Å². The summed E-state index contributed by atoms with van der Waals surface area (Å²) in [6.07, 6.45) is 5.46. The Morgan fingerprint density at radius 1 is 1.25 bits per heavy atom. The van der Waals surface area contributed by atoms with Crippen molar-refractivity contribution in [1.29, 1.82) is 0 Å². The molecule has 0 aromatic rings. The van der Waals surface area contributed by atoms with Gasteiger partial charge in [-0.15, -0.1) is 0 Å². The van der Waals surface area contributed by atoms with Crippen molar-refractivity contribution in [1.82, 2.24) is 10.6 Å². The van der Waals surface area contributed by atoms with Gasteiger partial charge in [0.2, 0.25) is 0 Å². The maximum absolute atomic E-state index is 11.8. The number of rotatable bonds is 6. The number of carbonyl (C=O) groups is 2. The molecular formula is C15H28N2O3. The van der Waals surface area contributed by atoms with Crippen molar-refractivity contribution >= 4 is 12.0 Å². The zero-order chi connectivity index (χ0) is 15.1. The third-order valence-corrected chi connectivity index (χ3v) is 4.45. The Labute approximate surface area is 121 Å². The van der Waals surface area contributed by atoms with Gasteiger partial charge in [-0.3, -0.25) is 0 Å². The van der Waals surface area contributed by atoms with Gasteiger partial charge >= 0.3 is 12.0 Å². The minimum Gasteiger partial charge on any atom is -0.480 e. The molecule has 1 rings (SSSR count). The molecule has 2 unspecified atom stereocenters. The Bertz CT molecular complexity index is 325. The summed E-state index contributed by atoms with van der Waals surface area (Å²) in [6.45, 7) is 6.66. The number of carboxylic acid groups (broad SMARTS) is 1. The number of hydrogen-bond acceptors (Lipinski definition) is 2. The Balaban J connectivity index is 2.33. The summed E-state index contributed by atoms with van der Waals surface area (Å²) in [6, 6.07) is -1.18. The molecule has 0 aliphatic heterocycles. The molecule has 1 aliphatic carbocycles. The first-order valence-electron chi connectivity index (χ1n) is 7.71. The topological polar surface area (TPSA) is 78.4 Å². The molecular weight excluding hydrogens is 256 g/mol. The van der Waals surface area contributed by atoms with E-state index in [0.29, 0.717) is 12.5 Å². The molecule has 2 amide bonds. The largest absolute Gasteiger partial charge is 0.480 e. The lowest BCUT2D eigenvalue weighted by Gasteiger charge is -2.27. The van der Waals surface area contributed by atoms with Gasteiger partial charge in [-0.2, -0.15) is 0 Å². The number of hydrogen-bond donors (Lipinski definition) is 3. The molecule has 1 saturated carbocycles. The summed E-state index contributed by atoms with van der Waals surface area (Å²) < 4.78 is 0. The van der Waals surface area contributed by atoms with E-state index >= 15 is 0 Å². The highest BCUT2D eigenvalue weighted by Crippen LogP contribution is 2.27. The highest BCUT2D eigenvalue weighted by Gasteiger charge is 2.25. The van der Waals surface area contributed by atoms with Gasteiger partial charge in [0.15, 0.2) is 0 Å². The van der Waals surface area contributed by atoms with Crippen LogP contribution in [0.1, 0.15) is 52.9 Å². The molecule has 0 radical (unpaired) electrons. The van der Waals surface area contributed by atoms with E-state index in [2.05, 4.69) is 17.6 Å². The van der Waals surface area contributed by atoms with Crippen LogP contribution in [-0.2, 0) is 4.79 Å². The van der Waals surface area contributed by atoms with Crippen LogP contribution in [-0.4, -0.2) is 29.7 Å². The number of urea groups is 1. The predicted octanol–water partition coefficient (Wildman–Crippen LogP) is 2.61. The second kappa shape index (κ2) is 8.12. The van der Waals surface area contributed by atoms with Crippen molar-refractivity contribution in [2.75, 3.05) is 6.54 Å². The average Bonchev–Trinajstić information content (AvgIpc) is 2.43. The van der Waals surface area contributed by atoms with Gasteiger partial charge < -0.3 is 15.7 Å². The highest BCUT2D eigenvalue weighted by molar-refractivity contribution is 5.82. The second-order valence-electron chi connectivity index (χ2n) is 6.18. The Morgan fingerprint density at radius 2 is 1.85 bits per heavy atom. The van der Waals surface area contributed by atoms with Crippen LogP contribution in [0.5, 0.6) is 0 Å². The summed E-state index contributed by atoms with van der Waals surface area (Å²) in [5, 5.41) is 14.5. The first-order chi connectivity index (χ1) is 9.43. The van der Waals surface area contributed by atoms with Crippen LogP contribution in [0.15, 0.2) is 0 Å². The van der Waals surface area contributed by atoms with Gasteiger partial charge in [-0.05, 0) is 30.6 Å². The first kappa shape index (κ1) is 16.8. The zero-order valence-corrected chi connectivity index (χ0v) is 12.8. The fraction of sp³-hybridized carbons (Fsp3) is 0.867. The Kier molecular flexibility index (Phi) is 6.82. The second-order valence-corrected chi connectivity index (χ2v) is 6.18. The van der Waals surface area contributed by atoms with E-state index in [1.807, 2.05) is 13.8 Å². The molecule has 0 saturated heterocycles. The summed E-state index contributed by atoms with van der Waals surface area (Å²) in [7, 11) is 0. The molecule has 0 bridgehead atoms. The number of nitrogens with one attached hydrogen (secondary N) is 2. The van der Waals surface area contributed by atoms with E-state index in [1.54, 1.807) is 0 Å². The van der Waals surface area contributed by atoms with Gasteiger partial charge in [0.25, 0.3) is 0 Å². The molecule has 1 fully saturated rings. The molecule has 0 aromatic heterocycles. The Hall–Kier alpha value is -1.26. The fourth-order valence-corrected chi connectivity index (χ4v) is 2.65. The molecule has 5 heteroatoms. The maximum Gasteiger partial charge on any atom is 0.326 e. The fourth-order valence-electron chi connectivity index (χ4n) is 2.65. The van der Waals surface area contributed by atoms with E-state index in [1.165, 1.54) is 12.8 Å². The lowest BCUT2D eigenvalue weighted by molar-refractivity contribution is -0.140. The zero-order valence-electron chi connectivity index (χ0n) is 12.8. The molecule has 20 heavy (non-hydrogen) atoms. The molecule has 3 N–H and O–H groups in total. The van der Waals surface area contributed by atoms with Gasteiger partial charge in [-0.1, -0.05) is 40.0 Å². The van der Waals surface area contributed by atoms with Gasteiger partial charge in [0.05, 0.1) is 0 Å². The minimum absolute atomic E-state index is 0.0752. The average molecular weight is 284 g/mol. The van der Waals surface area contributed by atoms with Crippen molar-refractivity contribution in [2.45, 2.75) is 58.9 Å². The Morgan fingerprint density at radius 3 is 2.35 bits per heavy atom. The van der Waals surface area contributed by atoms with Crippen molar-refractivity contribution in [3.8, 4) is 0 Å². The summed E-state index contributed by atoms with van der Waals surface area (Å²) in [5.74, 6) is 0.278.